The Labute approximate surface area is 426 Å². The molecule has 1 saturated carbocycles. The molecule has 3 aliphatic rings. The number of pyridine rings is 3. The number of aromatic carboxylic acids is 2. The molecular weight excluding hydrogens is 1010 g/mol. The Hall–Kier alpha value is -9.17. The van der Waals surface area contributed by atoms with Gasteiger partial charge in [-0.25, -0.2) is 50.9 Å². The van der Waals surface area contributed by atoms with Crippen molar-refractivity contribution < 1.29 is 46.1 Å². The summed E-state index contributed by atoms with van der Waals surface area (Å²) in [7, 11) is 0. The van der Waals surface area contributed by atoms with Crippen molar-refractivity contribution in [2.45, 2.75) is 37.8 Å². The predicted octanol–water partition coefficient (Wildman–Crippen LogP) is 3.44. The van der Waals surface area contributed by atoms with Crippen molar-refractivity contribution in [3.63, 3.8) is 0 Å². The summed E-state index contributed by atoms with van der Waals surface area (Å²) in [6, 6.07) is 7.31. The number of anilines is 2. The van der Waals surface area contributed by atoms with E-state index in [4.69, 9.17) is 22.9 Å². The minimum atomic E-state index is -1.64. The van der Waals surface area contributed by atoms with Gasteiger partial charge in [-0.2, -0.15) is 9.98 Å². The zero-order chi connectivity index (χ0) is 54.3. The maximum atomic E-state index is 15.8. The molecule has 27 heteroatoms. The average Bonchev–Trinajstić information content (AvgIpc) is 3.40. The summed E-state index contributed by atoms with van der Waals surface area (Å²) in [6.07, 6.45) is 4.55. The molecule has 3 aromatic carbocycles. The number of hydrogen-bond donors (Lipinski definition) is 6. The van der Waals surface area contributed by atoms with Gasteiger partial charge in [0.15, 0.2) is 29.2 Å². The normalized spacial score (nSPS) is 18.2. The van der Waals surface area contributed by atoms with Crippen LogP contribution in [0.5, 0.6) is 0 Å². The zero-order valence-corrected chi connectivity index (χ0v) is 40.0. The molecule has 1 aliphatic carbocycles. The highest BCUT2D eigenvalue weighted by Gasteiger charge is 2.29. The van der Waals surface area contributed by atoms with Crippen LogP contribution >= 0.6 is 0 Å². The topological polar surface area (TPSA) is 298 Å². The summed E-state index contributed by atoms with van der Waals surface area (Å²) >= 11 is 0. The van der Waals surface area contributed by atoms with Crippen LogP contribution in [0.4, 0.5) is 37.8 Å². The van der Waals surface area contributed by atoms with E-state index in [1.54, 1.807) is 19.6 Å². The standard InChI is InChI=1S/C49H47F6N15O6/c50-24-5-7-36(30(52)17-24)69-22-28(44(73)74)40(71)26-19-32(54)39(21-38(26)69)65-9-13-67(14-10-65)48(58)63-46(56)60-34-3-1-2-4-35(34)61-47(57)64-49(59)68-15-11-66(12-16-68)43-33(55)20-27-41(72)29(45(75)76)23-70(42(27)62-43)37-8-6-25(51)18-31(37)53/h5-8,17-23,34-35H,1-4,9-16H2,(H,73,74)(H,75,76)(H4,56,58,60,63)(H4,57,59,61,64). The third kappa shape index (κ3) is 10.3. The van der Waals surface area contributed by atoms with Gasteiger partial charge < -0.3 is 57.3 Å². The number of nitrogens with zero attached hydrogens (tertiary/aromatic N) is 11. The van der Waals surface area contributed by atoms with Gasteiger partial charge in [0.2, 0.25) is 22.8 Å². The van der Waals surface area contributed by atoms with E-state index < -0.39 is 86.3 Å². The number of carbonyl (C=O) groups is 2. The fraction of sp³-hybridized carbons (Fsp3) is 0.286. The molecule has 0 radical (unpaired) electrons. The maximum absolute atomic E-state index is 15.8. The summed E-state index contributed by atoms with van der Waals surface area (Å²) < 4.78 is 91.2. The zero-order valence-electron chi connectivity index (χ0n) is 40.0. The number of guanidine groups is 4. The molecule has 2 unspecified atom stereocenters. The van der Waals surface area contributed by atoms with Crippen LogP contribution in [-0.2, 0) is 0 Å². The number of nitrogens with two attached hydrogens (primary N) is 4. The Kier molecular flexibility index (Phi) is 14.3. The van der Waals surface area contributed by atoms with Gasteiger partial charge in [0.1, 0.15) is 40.2 Å². The smallest absolute Gasteiger partial charge is 0.341 e. The molecule has 21 nitrogen and oxygen atoms in total. The van der Waals surface area contributed by atoms with Crippen LogP contribution in [0.3, 0.4) is 0 Å². The lowest BCUT2D eigenvalue weighted by molar-refractivity contribution is 0.0684. The third-order valence-corrected chi connectivity index (χ3v) is 13.4. The number of benzene rings is 3. The second-order valence-electron chi connectivity index (χ2n) is 18.1. The fourth-order valence-electron chi connectivity index (χ4n) is 9.54. The Morgan fingerprint density at radius 2 is 1.00 bits per heavy atom. The van der Waals surface area contributed by atoms with Crippen LogP contribution in [-0.4, -0.2) is 134 Å². The lowest BCUT2D eigenvalue weighted by atomic mass is 9.91. The van der Waals surface area contributed by atoms with Crippen LogP contribution in [0.15, 0.2) is 96.5 Å². The predicted molar refractivity (Wildman–Crippen MR) is 271 cm³/mol. The van der Waals surface area contributed by atoms with Crippen LogP contribution in [0.2, 0.25) is 0 Å². The first kappa shape index (κ1) is 51.7. The van der Waals surface area contributed by atoms with E-state index in [1.807, 2.05) is 0 Å². The van der Waals surface area contributed by atoms with Gasteiger partial charge in [0.25, 0.3) is 0 Å². The van der Waals surface area contributed by atoms with Crippen molar-refractivity contribution in [3.8, 4) is 11.4 Å². The van der Waals surface area contributed by atoms with Crippen molar-refractivity contribution in [3.05, 3.63) is 133 Å². The number of carboxylic acid groups (broad SMARTS) is 2. The molecule has 0 spiro atoms. The van der Waals surface area contributed by atoms with E-state index in [9.17, 15) is 42.6 Å². The molecule has 3 fully saturated rings. The highest BCUT2D eigenvalue weighted by molar-refractivity contribution is 5.96. The van der Waals surface area contributed by atoms with Gasteiger partial charge in [-0.3, -0.25) is 14.2 Å². The molecule has 396 valence electrons. The molecule has 2 saturated heterocycles. The molecule has 76 heavy (non-hydrogen) atoms. The van der Waals surface area contributed by atoms with E-state index in [0.717, 1.165) is 70.8 Å². The van der Waals surface area contributed by atoms with Crippen LogP contribution in [0, 0.1) is 34.9 Å². The Morgan fingerprint density at radius 1 is 0.553 bits per heavy atom. The van der Waals surface area contributed by atoms with Crippen LogP contribution < -0.4 is 43.6 Å². The van der Waals surface area contributed by atoms with Crippen molar-refractivity contribution in [2.75, 3.05) is 62.2 Å². The molecular formula is C49H47F6N15O6. The maximum Gasteiger partial charge on any atom is 0.341 e. The van der Waals surface area contributed by atoms with Gasteiger partial charge in [0.05, 0.1) is 40.0 Å². The van der Waals surface area contributed by atoms with E-state index >= 15 is 13.2 Å². The number of aromatic nitrogens is 3. The number of hydrogen-bond acceptors (Lipinski definition) is 9. The number of fused-ring (bicyclic) bond motifs is 2. The largest absolute Gasteiger partial charge is 0.477 e. The molecule has 2 aliphatic heterocycles. The SMILES string of the molecule is NC(=NC1CCCCC1N=C(N)/N=C(\N)N1CCN(c2nc3c(cc2F)c(=O)c(C(=O)O)cn3-c2ccc(F)cc2F)CC1)/N=C(\N)N1CCN(c2cc3c(cc2F)c(=O)c(C(=O)O)cn3-c2ccc(F)cc2F)CC1. The van der Waals surface area contributed by atoms with Gasteiger partial charge >= 0.3 is 11.9 Å². The highest BCUT2D eigenvalue weighted by atomic mass is 19.2. The number of aliphatic imine (C=N–C) groups is 4. The second kappa shape index (κ2) is 21.0. The van der Waals surface area contributed by atoms with Gasteiger partial charge in [-0.15, -0.1) is 0 Å². The number of piperazine rings is 2. The van der Waals surface area contributed by atoms with Gasteiger partial charge in [-0.05, 0) is 55.3 Å². The van der Waals surface area contributed by atoms with Crippen molar-refractivity contribution >= 4 is 69.2 Å². The quantitative estimate of drug-likeness (QED) is 0.0723. The van der Waals surface area contributed by atoms with E-state index in [-0.39, 0.29) is 116 Å². The van der Waals surface area contributed by atoms with E-state index in [2.05, 4.69) is 25.0 Å². The van der Waals surface area contributed by atoms with E-state index in [1.165, 1.54) is 6.07 Å². The lowest BCUT2D eigenvalue weighted by Crippen LogP contribution is -2.52. The Bertz CT molecular complexity index is 3360. The Balaban J connectivity index is 0.852. The van der Waals surface area contributed by atoms with Gasteiger partial charge in [0, 0.05) is 82.3 Å². The molecule has 5 heterocycles. The molecule has 10 N–H and O–H groups in total. The molecule has 3 aromatic heterocycles. The first-order valence-electron chi connectivity index (χ1n) is 23.6. The molecule has 0 bridgehead atoms. The summed E-state index contributed by atoms with van der Waals surface area (Å²) in [4.78, 5) is 78.9. The first-order chi connectivity index (χ1) is 36.3. The summed E-state index contributed by atoms with van der Waals surface area (Å²) in [5.74, 6) is -9.37. The summed E-state index contributed by atoms with van der Waals surface area (Å²) in [6.45, 7) is 1.53. The molecule has 2 atom stereocenters. The first-order valence-corrected chi connectivity index (χ1v) is 23.6. The lowest BCUT2D eigenvalue weighted by Gasteiger charge is -2.36. The molecule has 9 rings (SSSR count). The van der Waals surface area contributed by atoms with E-state index in [0.29, 0.717) is 25.0 Å². The highest BCUT2D eigenvalue weighted by Crippen LogP contribution is 2.31. The van der Waals surface area contributed by atoms with Crippen molar-refractivity contribution in [1.29, 1.82) is 0 Å². The molecule has 0 amide bonds. The minimum absolute atomic E-state index is 0.0110. The van der Waals surface area contributed by atoms with Crippen molar-refractivity contribution in [1.82, 2.24) is 23.9 Å². The minimum Gasteiger partial charge on any atom is -0.477 e. The van der Waals surface area contributed by atoms with Gasteiger partial charge in [-0.1, -0.05) is 12.8 Å². The fourth-order valence-corrected chi connectivity index (χ4v) is 9.54. The Morgan fingerprint density at radius 3 is 1.50 bits per heavy atom. The number of halogens is 6. The molecule has 6 aromatic rings. The summed E-state index contributed by atoms with van der Waals surface area (Å²) in [5, 5.41) is 18.6. The van der Waals surface area contributed by atoms with Crippen molar-refractivity contribution in [2.24, 2.45) is 42.9 Å². The third-order valence-electron chi connectivity index (χ3n) is 13.4. The van der Waals surface area contributed by atoms with Crippen LogP contribution in [0.25, 0.3) is 33.3 Å². The second-order valence-corrected chi connectivity index (χ2v) is 18.1. The number of carboxylic acids is 2. The number of rotatable bonds is 8. The summed E-state index contributed by atoms with van der Waals surface area (Å²) in [5.41, 5.74) is 21.0. The monoisotopic (exact) mass is 1060 g/mol. The van der Waals surface area contributed by atoms with Crippen LogP contribution in [0.1, 0.15) is 46.4 Å². The average molecular weight is 1060 g/mol.